The molecule has 1 aromatic heterocycles. The Hall–Kier alpha value is -3.20. The second-order valence-electron chi connectivity index (χ2n) is 12.0. The summed E-state index contributed by atoms with van der Waals surface area (Å²) in [5.74, 6) is -2.28. The fourth-order valence-corrected chi connectivity index (χ4v) is 6.77. The van der Waals surface area contributed by atoms with Crippen LogP contribution >= 0.6 is 0 Å². The van der Waals surface area contributed by atoms with Gasteiger partial charge in [-0.15, -0.1) is 0 Å². The molecule has 1 saturated heterocycles. The number of rotatable bonds is 7. The Labute approximate surface area is 240 Å². The first kappa shape index (κ1) is 27.9. The molecule has 3 aromatic rings. The number of nitrogens with zero attached hydrogens (tertiary/aromatic N) is 2. The number of anilines is 1. The lowest BCUT2D eigenvalue weighted by atomic mass is 9.70. The van der Waals surface area contributed by atoms with Gasteiger partial charge in [-0.3, -0.25) is 14.7 Å². The Morgan fingerprint density at radius 1 is 0.976 bits per heavy atom. The quantitative estimate of drug-likeness (QED) is 0.359. The van der Waals surface area contributed by atoms with Crippen molar-refractivity contribution in [3.63, 3.8) is 0 Å². The van der Waals surface area contributed by atoms with E-state index in [1.54, 1.807) is 6.20 Å². The Kier molecular flexibility index (Phi) is 7.90. The molecular formula is C33H38F2N4O2. The summed E-state index contributed by atoms with van der Waals surface area (Å²) in [7, 11) is 0. The van der Waals surface area contributed by atoms with Crippen molar-refractivity contribution in [1.82, 2.24) is 9.88 Å². The Morgan fingerprint density at radius 3 is 2.32 bits per heavy atom. The fourth-order valence-electron chi connectivity index (χ4n) is 6.77. The molecule has 41 heavy (non-hydrogen) atoms. The molecule has 3 fully saturated rings. The monoisotopic (exact) mass is 560 g/mol. The van der Waals surface area contributed by atoms with Crippen LogP contribution in [0, 0.1) is 5.92 Å². The fraction of sp³-hybridized carbons (Fsp3) is 0.455. The summed E-state index contributed by atoms with van der Waals surface area (Å²) in [6, 6.07) is 19.9. The zero-order valence-corrected chi connectivity index (χ0v) is 23.3. The number of hydrogen-bond acceptors (Lipinski definition) is 5. The van der Waals surface area contributed by atoms with Crippen molar-refractivity contribution < 1.29 is 18.3 Å². The Balaban J connectivity index is 1.14. The van der Waals surface area contributed by atoms with E-state index in [1.807, 2.05) is 60.7 Å². The van der Waals surface area contributed by atoms with E-state index in [0.29, 0.717) is 29.6 Å². The minimum absolute atomic E-state index is 0.0169. The molecule has 2 saturated carbocycles. The maximum atomic E-state index is 13.5. The number of nitrogens with two attached hydrogens (primary N) is 1. The maximum Gasteiger partial charge on any atom is 0.252 e. The number of carbonyl (C=O) groups is 1. The third-order valence-corrected chi connectivity index (χ3v) is 8.99. The van der Waals surface area contributed by atoms with Gasteiger partial charge in [-0.05, 0) is 48.8 Å². The van der Waals surface area contributed by atoms with Crippen molar-refractivity contribution in [3.8, 4) is 22.4 Å². The molecule has 6 rings (SSSR count). The predicted octanol–water partition coefficient (Wildman–Crippen LogP) is 6.22. The lowest BCUT2D eigenvalue weighted by Crippen LogP contribution is -2.55. The minimum Gasteiger partial charge on any atom is -0.379 e. The van der Waals surface area contributed by atoms with Crippen molar-refractivity contribution >= 4 is 11.6 Å². The Bertz CT molecular complexity index is 1340. The van der Waals surface area contributed by atoms with E-state index >= 15 is 0 Å². The van der Waals surface area contributed by atoms with Crippen LogP contribution < -0.4 is 11.1 Å². The van der Waals surface area contributed by atoms with Gasteiger partial charge in [0.2, 0.25) is 5.91 Å². The molecule has 3 aliphatic rings. The molecule has 2 aliphatic carbocycles. The van der Waals surface area contributed by atoms with Crippen LogP contribution in [0.2, 0.25) is 0 Å². The molecule has 0 spiro atoms. The number of pyridine rings is 1. The number of halogens is 2. The highest BCUT2D eigenvalue weighted by Crippen LogP contribution is 2.50. The standard InChI is InChI=1S/C33H38F2N4O2/c34-33(35)21-32(36,22-33)26-10-8-25(9-11-26)31-29(24-4-2-1-3-5-24)19-27(20-37-31)38-30(40)18-23-6-12-28(13-7-23)39-14-16-41-17-15-39/h1-5,8-11,19-20,23,28H,6-7,12-18,21-22,36H2,(H,38,40). The molecule has 0 atom stereocenters. The number of amides is 1. The zero-order valence-electron chi connectivity index (χ0n) is 23.3. The summed E-state index contributed by atoms with van der Waals surface area (Å²) in [6.45, 7) is 3.67. The normalized spacial score (nSPS) is 23.9. The van der Waals surface area contributed by atoms with Gasteiger partial charge >= 0.3 is 0 Å². The second kappa shape index (κ2) is 11.6. The number of aromatic nitrogens is 1. The van der Waals surface area contributed by atoms with Gasteiger partial charge in [-0.2, -0.15) is 0 Å². The summed E-state index contributed by atoms with van der Waals surface area (Å²) in [5, 5.41) is 3.09. The number of morpholine rings is 1. The third-order valence-electron chi connectivity index (χ3n) is 8.99. The van der Waals surface area contributed by atoms with Gasteiger partial charge < -0.3 is 15.8 Å². The van der Waals surface area contributed by atoms with Crippen LogP contribution in [0.15, 0.2) is 66.9 Å². The highest BCUT2D eigenvalue weighted by molar-refractivity contribution is 5.93. The van der Waals surface area contributed by atoms with Crippen molar-refractivity contribution in [2.75, 3.05) is 31.6 Å². The summed E-state index contributed by atoms with van der Waals surface area (Å²) < 4.78 is 32.5. The van der Waals surface area contributed by atoms with Gasteiger partial charge in [0.05, 0.1) is 36.3 Å². The first-order chi connectivity index (χ1) is 19.8. The molecule has 1 amide bonds. The number of benzene rings is 2. The molecule has 1 aliphatic heterocycles. The molecular weight excluding hydrogens is 522 g/mol. The lowest BCUT2D eigenvalue weighted by molar-refractivity contribution is -0.125. The summed E-state index contributed by atoms with van der Waals surface area (Å²) >= 11 is 0. The average molecular weight is 561 g/mol. The molecule has 6 nitrogen and oxygen atoms in total. The van der Waals surface area contributed by atoms with Gasteiger partial charge in [0, 0.05) is 49.5 Å². The molecule has 216 valence electrons. The molecule has 0 unspecified atom stereocenters. The number of hydrogen-bond donors (Lipinski definition) is 2. The van der Waals surface area contributed by atoms with Gasteiger partial charge in [0.15, 0.2) is 0 Å². The molecule has 0 bridgehead atoms. The first-order valence-corrected chi connectivity index (χ1v) is 14.7. The highest BCUT2D eigenvalue weighted by atomic mass is 19.3. The maximum absolute atomic E-state index is 13.5. The summed E-state index contributed by atoms with van der Waals surface area (Å²) in [6.07, 6.45) is 5.95. The number of alkyl halides is 2. The van der Waals surface area contributed by atoms with Crippen LogP contribution in [-0.4, -0.2) is 54.1 Å². The predicted molar refractivity (Wildman–Crippen MR) is 157 cm³/mol. The van der Waals surface area contributed by atoms with Gasteiger partial charge in [-0.25, -0.2) is 8.78 Å². The van der Waals surface area contributed by atoms with Crippen molar-refractivity contribution in [2.45, 2.75) is 62.4 Å². The Morgan fingerprint density at radius 2 is 1.66 bits per heavy atom. The minimum atomic E-state index is -2.70. The highest BCUT2D eigenvalue weighted by Gasteiger charge is 2.55. The van der Waals surface area contributed by atoms with Crippen LogP contribution in [0.4, 0.5) is 14.5 Å². The molecule has 2 heterocycles. The number of nitrogens with one attached hydrogen (secondary N) is 1. The number of ether oxygens (including phenoxy) is 1. The van der Waals surface area contributed by atoms with E-state index in [1.165, 1.54) is 0 Å². The van der Waals surface area contributed by atoms with Gasteiger partial charge in [0.25, 0.3) is 5.92 Å². The zero-order chi connectivity index (χ0) is 28.5. The van der Waals surface area contributed by atoms with Gasteiger partial charge in [0.1, 0.15) is 0 Å². The lowest BCUT2D eigenvalue weighted by Gasteiger charge is -2.44. The van der Waals surface area contributed by atoms with Gasteiger partial charge in [-0.1, -0.05) is 54.6 Å². The van der Waals surface area contributed by atoms with Crippen LogP contribution in [0.25, 0.3) is 22.4 Å². The SMILES string of the molecule is NC1(c2ccc(-c3ncc(NC(=O)CC4CCC(N5CCOCC5)CC4)cc3-c3ccccc3)cc2)CC(F)(F)C1. The van der Waals surface area contributed by atoms with Crippen LogP contribution in [0.3, 0.4) is 0 Å². The molecule has 2 aromatic carbocycles. The van der Waals surface area contributed by atoms with E-state index < -0.39 is 11.5 Å². The summed E-state index contributed by atoms with van der Waals surface area (Å²) in [5.41, 5.74) is 10.1. The van der Waals surface area contributed by atoms with Crippen molar-refractivity contribution in [1.29, 1.82) is 0 Å². The van der Waals surface area contributed by atoms with Crippen LogP contribution in [0.5, 0.6) is 0 Å². The summed E-state index contributed by atoms with van der Waals surface area (Å²) in [4.78, 5) is 20.3. The largest absolute Gasteiger partial charge is 0.379 e. The van der Waals surface area contributed by atoms with Crippen molar-refractivity contribution in [2.24, 2.45) is 11.7 Å². The van der Waals surface area contributed by atoms with Crippen molar-refractivity contribution in [3.05, 3.63) is 72.4 Å². The van der Waals surface area contributed by atoms with Crippen LogP contribution in [0.1, 0.15) is 50.5 Å². The molecule has 8 heteroatoms. The number of carbonyl (C=O) groups excluding carboxylic acids is 1. The van der Waals surface area contributed by atoms with E-state index in [-0.39, 0.29) is 18.7 Å². The second-order valence-corrected chi connectivity index (χ2v) is 12.0. The molecule has 0 radical (unpaired) electrons. The van der Waals surface area contributed by atoms with E-state index in [4.69, 9.17) is 15.5 Å². The van der Waals surface area contributed by atoms with Crippen LogP contribution in [-0.2, 0) is 15.1 Å². The smallest absolute Gasteiger partial charge is 0.252 e. The third kappa shape index (κ3) is 6.35. The van der Waals surface area contributed by atoms with E-state index in [0.717, 1.165) is 74.4 Å². The molecule has 3 N–H and O–H groups in total. The average Bonchev–Trinajstić information content (AvgIpc) is 2.97. The topological polar surface area (TPSA) is 80.5 Å². The van der Waals surface area contributed by atoms with E-state index in [9.17, 15) is 13.6 Å². The first-order valence-electron chi connectivity index (χ1n) is 14.7. The van der Waals surface area contributed by atoms with E-state index in [2.05, 4.69) is 10.2 Å².